The van der Waals surface area contributed by atoms with E-state index in [1.807, 2.05) is 13.8 Å². The van der Waals surface area contributed by atoms with Crippen LogP contribution in [0.4, 0.5) is 11.4 Å². The highest BCUT2D eigenvalue weighted by Crippen LogP contribution is 2.16. The van der Waals surface area contributed by atoms with Crippen molar-refractivity contribution >= 4 is 27.3 Å². The van der Waals surface area contributed by atoms with Crippen molar-refractivity contribution in [1.29, 1.82) is 0 Å². The Bertz CT molecular complexity index is 570. The Morgan fingerprint density at radius 1 is 1.19 bits per heavy atom. The molecule has 7 heteroatoms. The van der Waals surface area contributed by atoms with Crippen molar-refractivity contribution in [3.63, 3.8) is 0 Å². The van der Waals surface area contributed by atoms with Crippen molar-refractivity contribution < 1.29 is 13.2 Å². The third-order valence-electron chi connectivity index (χ3n) is 3.37. The number of nitrogens with two attached hydrogens (primary N) is 1. The van der Waals surface area contributed by atoms with Crippen LogP contribution in [0, 0.1) is 5.92 Å². The lowest BCUT2D eigenvalue weighted by Gasteiger charge is -2.17. The molecule has 0 saturated heterocycles. The fourth-order valence-corrected chi connectivity index (χ4v) is 2.25. The summed E-state index contributed by atoms with van der Waals surface area (Å²) in [5.74, 6) is -0.137. The first-order chi connectivity index (χ1) is 9.79. The van der Waals surface area contributed by atoms with Gasteiger partial charge in [-0.05, 0) is 37.1 Å². The zero-order valence-electron chi connectivity index (χ0n) is 12.6. The summed E-state index contributed by atoms with van der Waals surface area (Å²) >= 11 is 0. The van der Waals surface area contributed by atoms with Crippen LogP contribution in [0.3, 0.4) is 0 Å². The van der Waals surface area contributed by atoms with E-state index in [-0.39, 0.29) is 17.6 Å². The molecule has 0 spiro atoms. The molecule has 1 rings (SSSR count). The van der Waals surface area contributed by atoms with Crippen LogP contribution in [0.5, 0.6) is 0 Å². The van der Waals surface area contributed by atoms with E-state index in [1.54, 1.807) is 31.2 Å². The van der Waals surface area contributed by atoms with Crippen LogP contribution in [-0.4, -0.2) is 26.1 Å². The van der Waals surface area contributed by atoms with Crippen LogP contribution in [-0.2, 0) is 14.8 Å². The monoisotopic (exact) mass is 313 g/mol. The van der Waals surface area contributed by atoms with Crippen LogP contribution in [0.1, 0.15) is 27.2 Å². The highest BCUT2D eigenvalue weighted by molar-refractivity contribution is 7.92. The smallest absolute Gasteiger partial charge is 0.241 e. The molecule has 0 aliphatic rings. The van der Waals surface area contributed by atoms with Gasteiger partial charge >= 0.3 is 0 Å². The van der Waals surface area contributed by atoms with E-state index in [0.717, 1.165) is 6.42 Å². The highest BCUT2D eigenvalue weighted by Gasteiger charge is 2.19. The predicted molar refractivity (Wildman–Crippen MR) is 85.6 cm³/mol. The SMILES string of the molecule is CCC(C)C(N)C(=O)Nc1ccc(NS(=O)(=O)CC)cc1. The summed E-state index contributed by atoms with van der Waals surface area (Å²) in [7, 11) is -3.29. The minimum Gasteiger partial charge on any atom is -0.325 e. The normalized spacial score (nSPS) is 14.3. The molecule has 0 aliphatic heterocycles. The number of nitrogens with one attached hydrogen (secondary N) is 2. The van der Waals surface area contributed by atoms with Gasteiger partial charge in [-0.1, -0.05) is 20.3 Å². The molecular formula is C14H23N3O3S. The van der Waals surface area contributed by atoms with Gasteiger partial charge in [0.05, 0.1) is 11.8 Å². The van der Waals surface area contributed by atoms with Crippen molar-refractivity contribution in [2.24, 2.45) is 11.7 Å². The maximum absolute atomic E-state index is 11.9. The first-order valence-electron chi connectivity index (χ1n) is 6.96. The molecule has 0 radical (unpaired) electrons. The van der Waals surface area contributed by atoms with Gasteiger partial charge in [-0.3, -0.25) is 9.52 Å². The third kappa shape index (κ3) is 5.35. The summed E-state index contributed by atoms with van der Waals surface area (Å²) in [6.07, 6.45) is 0.826. The van der Waals surface area contributed by atoms with Crippen molar-refractivity contribution in [3.8, 4) is 0 Å². The molecular weight excluding hydrogens is 290 g/mol. The Hall–Kier alpha value is -1.60. The van der Waals surface area contributed by atoms with E-state index >= 15 is 0 Å². The van der Waals surface area contributed by atoms with E-state index < -0.39 is 16.1 Å². The molecule has 118 valence electrons. The number of hydrogen-bond donors (Lipinski definition) is 3. The molecule has 0 fully saturated rings. The molecule has 2 atom stereocenters. The molecule has 0 heterocycles. The average molecular weight is 313 g/mol. The second kappa shape index (κ2) is 7.42. The molecule has 0 aromatic heterocycles. The van der Waals surface area contributed by atoms with Gasteiger partial charge in [-0.2, -0.15) is 0 Å². The molecule has 1 amide bonds. The fraction of sp³-hybridized carbons (Fsp3) is 0.500. The first-order valence-corrected chi connectivity index (χ1v) is 8.61. The largest absolute Gasteiger partial charge is 0.325 e. The van der Waals surface area contributed by atoms with Crippen LogP contribution in [0.15, 0.2) is 24.3 Å². The zero-order chi connectivity index (χ0) is 16.0. The Labute approximate surface area is 126 Å². The molecule has 21 heavy (non-hydrogen) atoms. The summed E-state index contributed by atoms with van der Waals surface area (Å²) in [6, 6.07) is 5.90. The van der Waals surface area contributed by atoms with Gasteiger partial charge in [-0.15, -0.1) is 0 Å². The number of rotatable bonds is 7. The average Bonchev–Trinajstić information content (AvgIpc) is 2.47. The summed E-state index contributed by atoms with van der Waals surface area (Å²) in [5.41, 5.74) is 6.89. The van der Waals surface area contributed by atoms with E-state index in [9.17, 15) is 13.2 Å². The number of hydrogen-bond acceptors (Lipinski definition) is 4. The summed E-state index contributed by atoms with van der Waals surface area (Å²) in [6.45, 7) is 5.46. The second-order valence-corrected chi connectivity index (χ2v) is 6.99. The van der Waals surface area contributed by atoms with E-state index in [0.29, 0.717) is 11.4 Å². The van der Waals surface area contributed by atoms with E-state index in [4.69, 9.17) is 5.73 Å². The van der Waals surface area contributed by atoms with Gasteiger partial charge < -0.3 is 11.1 Å². The number of carbonyl (C=O) groups excluding carboxylic acids is 1. The Balaban J connectivity index is 2.69. The lowest BCUT2D eigenvalue weighted by Crippen LogP contribution is -2.40. The molecule has 0 bridgehead atoms. The predicted octanol–water partition coefficient (Wildman–Crippen LogP) is 1.76. The molecule has 1 aromatic rings. The molecule has 1 aromatic carbocycles. The summed E-state index contributed by atoms with van der Waals surface area (Å²) in [4.78, 5) is 11.9. The summed E-state index contributed by atoms with van der Waals surface area (Å²) < 4.78 is 25.3. The number of benzene rings is 1. The van der Waals surface area contributed by atoms with Crippen molar-refractivity contribution in [1.82, 2.24) is 0 Å². The van der Waals surface area contributed by atoms with Gasteiger partial charge in [0.15, 0.2) is 0 Å². The molecule has 4 N–H and O–H groups in total. The fourth-order valence-electron chi connectivity index (χ4n) is 1.61. The van der Waals surface area contributed by atoms with Crippen LogP contribution < -0.4 is 15.8 Å². The number of anilines is 2. The van der Waals surface area contributed by atoms with Crippen LogP contribution in [0.25, 0.3) is 0 Å². The summed E-state index contributed by atoms with van der Waals surface area (Å²) in [5, 5.41) is 2.72. The Morgan fingerprint density at radius 3 is 2.19 bits per heavy atom. The third-order valence-corrected chi connectivity index (χ3v) is 4.67. The minimum atomic E-state index is -3.29. The maximum Gasteiger partial charge on any atom is 0.241 e. The molecule has 0 aliphatic carbocycles. The van der Waals surface area contributed by atoms with Gasteiger partial charge in [0.2, 0.25) is 15.9 Å². The first kappa shape index (κ1) is 17.5. The van der Waals surface area contributed by atoms with Crippen LogP contribution in [0.2, 0.25) is 0 Å². The topological polar surface area (TPSA) is 101 Å². The van der Waals surface area contributed by atoms with Gasteiger partial charge in [0.25, 0.3) is 0 Å². The van der Waals surface area contributed by atoms with Gasteiger partial charge in [0.1, 0.15) is 0 Å². The second-order valence-electron chi connectivity index (χ2n) is 4.98. The highest BCUT2D eigenvalue weighted by atomic mass is 32.2. The number of carbonyl (C=O) groups is 1. The Morgan fingerprint density at radius 2 is 1.71 bits per heavy atom. The number of amides is 1. The van der Waals surface area contributed by atoms with E-state index in [1.165, 1.54) is 0 Å². The van der Waals surface area contributed by atoms with E-state index in [2.05, 4.69) is 10.0 Å². The molecule has 2 unspecified atom stereocenters. The lowest BCUT2D eigenvalue weighted by molar-refractivity contribution is -0.118. The van der Waals surface area contributed by atoms with Crippen molar-refractivity contribution in [2.45, 2.75) is 33.2 Å². The molecule has 0 saturated carbocycles. The van der Waals surface area contributed by atoms with Crippen molar-refractivity contribution in [3.05, 3.63) is 24.3 Å². The standard InChI is InChI=1S/C14H23N3O3S/c1-4-10(3)13(15)14(18)16-11-6-8-12(9-7-11)17-21(19,20)5-2/h6-10,13,17H,4-5,15H2,1-3H3,(H,16,18). The minimum absolute atomic E-state index is 0.00917. The lowest BCUT2D eigenvalue weighted by atomic mass is 9.99. The zero-order valence-corrected chi connectivity index (χ0v) is 13.4. The maximum atomic E-state index is 11.9. The molecule has 6 nitrogen and oxygen atoms in total. The van der Waals surface area contributed by atoms with Crippen LogP contribution >= 0.6 is 0 Å². The number of sulfonamides is 1. The van der Waals surface area contributed by atoms with Crippen molar-refractivity contribution in [2.75, 3.05) is 15.8 Å². The van der Waals surface area contributed by atoms with Gasteiger partial charge in [0, 0.05) is 11.4 Å². The van der Waals surface area contributed by atoms with Gasteiger partial charge in [-0.25, -0.2) is 8.42 Å². The Kier molecular flexibility index (Phi) is 6.17. The quantitative estimate of drug-likeness (QED) is 0.714.